The summed E-state index contributed by atoms with van der Waals surface area (Å²) in [6.07, 6.45) is 0. The van der Waals surface area contributed by atoms with Crippen LogP contribution in [0.1, 0.15) is 17.4 Å². The third-order valence-corrected chi connectivity index (χ3v) is 5.31. The average Bonchev–Trinajstić information content (AvgIpc) is 2.97. The van der Waals surface area contributed by atoms with Gasteiger partial charge in [0, 0.05) is 24.7 Å². The number of hydrogen-bond acceptors (Lipinski definition) is 3. The standard InChI is InChI=1S/C20H21ClN4O.2ClH/c1-14-23-17-8-4-5-9-18(17)25(14)13-20(26)24-11-10-22-12-19(24)15-6-2-3-7-16(15)21;;/h2-9,19,22H,10-13H2,1H3;2*1H. The summed E-state index contributed by atoms with van der Waals surface area (Å²) in [7, 11) is 0. The van der Waals surface area contributed by atoms with Gasteiger partial charge in [-0.1, -0.05) is 41.9 Å². The molecule has 0 saturated carbocycles. The van der Waals surface area contributed by atoms with Crippen LogP contribution in [-0.4, -0.2) is 40.0 Å². The van der Waals surface area contributed by atoms with Crippen LogP contribution < -0.4 is 5.32 Å². The van der Waals surface area contributed by atoms with Crippen LogP contribution in [0.25, 0.3) is 11.0 Å². The molecule has 4 rings (SSSR count). The first kappa shape index (κ1) is 22.5. The predicted octanol–water partition coefficient (Wildman–Crippen LogP) is 4.01. The van der Waals surface area contributed by atoms with Crippen molar-refractivity contribution in [2.45, 2.75) is 19.5 Å². The van der Waals surface area contributed by atoms with Gasteiger partial charge in [0.25, 0.3) is 0 Å². The second kappa shape index (κ2) is 9.61. The molecule has 1 saturated heterocycles. The number of aromatic nitrogens is 2. The first-order valence-electron chi connectivity index (χ1n) is 8.81. The number of imidazole rings is 1. The molecule has 1 aliphatic rings. The van der Waals surface area contributed by atoms with Crippen LogP contribution in [0.3, 0.4) is 0 Å². The SMILES string of the molecule is Cc1nc2ccccc2n1CC(=O)N1CCNCC1c1ccccc1Cl.Cl.Cl. The summed E-state index contributed by atoms with van der Waals surface area (Å²) in [4.78, 5) is 19.7. The highest BCUT2D eigenvalue weighted by molar-refractivity contribution is 6.31. The predicted molar refractivity (Wildman–Crippen MR) is 118 cm³/mol. The molecule has 1 fully saturated rings. The second-order valence-electron chi connectivity index (χ2n) is 6.56. The van der Waals surface area contributed by atoms with Crippen LogP contribution in [0.5, 0.6) is 0 Å². The number of amides is 1. The molecule has 1 atom stereocenters. The molecule has 0 radical (unpaired) electrons. The fraction of sp³-hybridized carbons (Fsp3) is 0.300. The van der Waals surface area contributed by atoms with Crippen LogP contribution in [0.4, 0.5) is 0 Å². The first-order valence-corrected chi connectivity index (χ1v) is 9.19. The molecule has 1 unspecified atom stereocenters. The average molecular weight is 442 g/mol. The maximum atomic E-state index is 13.2. The van der Waals surface area contributed by atoms with Gasteiger partial charge < -0.3 is 14.8 Å². The van der Waals surface area contributed by atoms with Crippen molar-refractivity contribution in [3.8, 4) is 0 Å². The number of carbonyl (C=O) groups is 1. The molecule has 1 amide bonds. The largest absolute Gasteiger partial charge is 0.331 e. The zero-order valence-corrected chi connectivity index (χ0v) is 17.9. The monoisotopic (exact) mass is 440 g/mol. The van der Waals surface area contributed by atoms with Gasteiger partial charge in [-0.25, -0.2) is 4.98 Å². The summed E-state index contributed by atoms with van der Waals surface area (Å²) >= 11 is 6.39. The Morgan fingerprint density at radius 2 is 1.89 bits per heavy atom. The fourth-order valence-corrected chi connectivity index (χ4v) is 3.91. The summed E-state index contributed by atoms with van der Waals surface area (Å²) in [5.74, 6) is 0.937. The molecule has 3 aromatic rings. The molecule has 150 valence electrons. The molecule has 0 aliphatic carbocycles. The Morgan fingerprint density at radius 1 is 1.18 bits per heavy atom. The van der Waals surface area contributed by atoms with E-state index in [1.54, 1.807) is 0 Å². The molecule has 1 N–H and O–H groups in total. The van der Waals surface area contributed by atoms with Gasteiger partial charge in [0.15, 0.2) is 0 Å². The molecule has 0 bridgehead atoms. The minimum atomic E-state index is -0.0555. The zero-order chi connectivity index (χ0) is 18.1. The Kier molecular flexibility index (Phi) is 7.72. The van der Waals surface area contributed by atoms with E-state index < -0.39 is 0 Å². The molecule has 2 aromatic carbocycles. The highest BCUT2D eigenvalue weighted by Crippen LogP contribution is 2.29. The Morgan fingerprint density at radius 3 is 2.68 bits per heavy atom. The van der Waals surface area contributed by atoms with Crippen LogP contribution in [-0.2, 0) is 11.3 Å². The van der Waals surface area contributed by atoms with Gasteiger partial charge in [-0.05, 0) is 30.7 Å². The van der Waals surface area contributed by atoms with Crippen molar-refractivity contribution >= 4 is 53.4 Å². The van der Waals surface area contributed by atoms with Crippen molar-refractivity contribution in [3.63, 3.8) is 0 Å². The van der Waals surface area contributed by atoms with Crippen LogP contribution in [0.2, 0.25) is 5.02 Å². The Hall–Kier alpha value is -1.79. The van der Waals surface area contributed by atoms with Crippen molar-refractivity contribution < 1.29 is 4.79 Å². The van der Waals surface area contributed by atoms with Crippen LogP contribution in [0, 0.1) is 6.92 Å². The zero-order valence-electron chi connectivity index (χ0n) is 15.5. The lowest BCUT2D eigenvalue weighted by Gasteiger charge is -2.37. The van der Waals surface area contributed by atoms with Crippen LogP contribution in [0.15, 0.2) is 48.5 Å². The smallest absolute Gasteiger partial charge is 0.243 e. The summed E-state index contributed by atoms with van der Waals surface area (Å²) in [5, 5.41) is 4.07. The first-order chi connectivity index (χ1) is 12.6. The number of nitrogens with one attached hydrogen (secondary N) is 1. The van der Waals surface area contributed by atoms with Gasteiger partial charge in [-0.15, -0.1) is 24.8 Å². The van der Waals surface area contributed by atoms with E-state index in [9.17, 15) is 4.79 Å². The minimum Gasteiger partial charge on any atom is -0.331 e. The number of para-hydroxylation sites is 2. The Bertz CT molecular complexity index is 960. The fourth-order valence-electron chi connectivity index (χ4n) is 3.65. The van der Waals surface area contributed by atoms with Crippen LogP contribution >= 0.6 is 36.4 Å². The number of fused-ring (bicyclic) bond motifs is 1. The number of benzene rings is 2. The Labute approximate surface area is 181 Å². The normalized spacial score (nSPS) is 16.4. The lowest BCUT2D eigenvalue weighted by Crippen LogP contribution is -2.49. The van der Waals surface area contributed by atoms with Crippen molar-refractivity contribution in [2.24, 2.45) is 0 Å². The van der Waals surface area contributed by atoms with Gasteiger partial charge in [-0.3, -0.25) is 4.79 Å². The maximum Gasteiger partial charge on any atom is 0.243 e. The lowest BCUT2D eigenvalue weighted by molar-refractivity contribution is -0.135. The quantitative estimate of drug-likeness (QED) is 0.668. The molecule has 5 nitrogen and oxygen atoms in total. The van der Waals surface area contributed by atoms with E-state index in [1.165, 1.54) is 0 Å². The molecule has 1 aromatic heterocycles. The number of carbonyl (C=O) groups excluding carboxylic acids is 1. The number of rotatable bonds is 3. The molecule has 1 aliphatic heterocycles. The highest BCUT2D eigenvalue weighted by Gasteiger charge is 2.29. The van der Waals surface area contributed by atoms with E-state index in [4.69, 9.17) is 11.6 Å². The maximum absolute atomic E-state index is 13.2. The second-order valence-corrected chi connectivity index (χ2v) is 6.97. The number of nitrogens with zero attached hydrogens (tertiary/aromatic N) is 3. The Balaban J connectivity index is 0.00000140. The van der Waals surface area contributed by atoms with E-state index in [-0.39, 0.29) is 43.3 Å². The molecular formula is C20H23Cl3N4O. The van der Waals surface area contributed by atoms with Gasteiger partial charge in [0.1, 0.15) is 12.4 Å². The molecule has 8 heteroatoms. The summed E-state index contributed by atoms with van der Waals surface area (Å²) in [5.41, 5.74) is 2.89. The topological polar surface area (TPSA) is 50.2 Å². The van der Waals surface area contributed by atoms with Gasteiger partial charge >= 0.3 is 0 Å². The lowest BCUT2D eigenvalue weighted by atomic mass is 10.0. The van der Waals surface area contributed by atoms with Gasteiger partial charge in [0.2, 0.25) is 5.91 Å². The van der Waals surface area contributed by atoms with E-state index in [0.29, 0.717) is 18.1 Å². The van der Waals surface area contributed by atoms with E-state index >= 15 is 0 Å². The van der Waals surface area contributed by atoms with Crippen molar-refractivity contribution in [1.29, 1.82) is 0 Å². The number of piperazine rings is 1. The summed E-state index contributed by atoms with van der Waals surface area (Å²) in [6, 6.07) is 15.6. The van der Waals surface area contributed by atoms with Crippen molar-refractivity contribution in [1.82, 2.24) is 19.8 Å². The van der Waals surface area contributed by atoms with Gasteiger partial charge in [0.05, 0.1) is 17.1 Å². The van der Waals surface area contributed by atoms with E-state index in [2.05, 4.69) is 10.3 Å². The summed E-state index contributed by atoms with van der Waals surface area (Å²) in [6.45, 7) is 4.39. The molecule has 28 heavy (non-hydrogen) atoms. The molecule has 0 spiro atoms. The van der Waals surface area contributed by atoms with Gasteiger partial charge in [-0.2, -0.15) is 0 Å². The highest BCUT2D eigenvalue weighted by atomic mass is 35.5. The molecular weight excluding hydrogens is 419 g/mol. The van der Waals surface area contributed by atoms with Crippen molar-refractivity contribution in [3.05, 3.63) is 64.9 Å². The third kappa shape index (κ3) is 4.28. The van der Waals surface area contributed by atoms with E-state index in [1.807, 2.05) is 64.9 Å². The molecule has 2 heterocycles. The number of hydrogen-bond donors (Lipinski definition) is 1. The van der Waals surface area contributed by atoms with E-state index in [0.717, 1.165) is 29.0 Å². The summed E-state index contributed by atoms with van der Waals surface area (Å²) < 4.78 is 1.99. The number of aryl methyl sites for hydroxylation is 1. The number of halogens is 3. The van der Waals surface area contributed by atoms with Crippen molar-refractivity contribution in [2.75, 3.05) is 19.6 Å². The minimum absolute atomic E-state index is 0. The third-order valence-electron chi connectivity index (χ3n) is 4.97.